The Hall–Kier alpha value is -1.28. The first-order valence-electron chi connectivity index (χ1n) is 5.60. The average molecular weight is 275 g/mol. The molecule has 0 saturated heterocycles. The minimum Gasteiger partial charge on any atom is -0.395 e. The SMILES string of the molecule is OCCC#Cc1ccccc1CSc1nccs1. The van der Waals surface area contributed by atoms with Gasteiger partial charge in [-0.15, -0.1) is 11.3 Å². The van der Waals surface area contributed by atoms with Gasteiger partial charge in [0.15, 0.2) is 0 Å². The van der Waals surface area contributed by atoms with E-state index in [2.05, 4.69) is 22.9 Å². The number of nitrogens with zero attached hydrogens (tertiary/aromatic N) is 1. The van der Waals surface area contributed by atoms with Gasteiger partial charge in [0.2, 0.25) is 0 Å². The van der Waals surface area contributed by atoms with Gasteiger partial charge in [-0.05, 0) is 11.6 Å². The zero-order valence-corrected chi connectivity index (χ0v) is 11.4. The number of hydrogen-bond donors (Lipinski definition) is 1. The molecule has 1 aromatic carbocycles. The fraction of sp³-hybridized carbons (Fsp3) is 0.214. The van der Waals surface area contributed by atoms with Crippen molar-refractivity contribution < 1.29 is 5.11 Å². The lowest BCUT2D eigenvalue weighted by Gasteiger charge is -2.02. The van der Waals surface area contributed by atoms with Gasteiger partial charge in [0.25, 0.3) is 0 Å². The smallest absolute Gasteiger partial charge is 0.150 e. The number of benzene rings is 1. The Labute approximate surface area is 115 Å². The van der Waals surface area contributed by atoms with Crippen LogP contribution in [0.4, 0.5) is 0 Å². The molecule has 1 heterocycles. The molecule has 0 unspecified atom stereocenters. The topological polar surface area (TPSA) is 33.1 Å². The van der Waals surface area contributed by atoms with Crippen LogP contribution in [0.5, 0.6) is 0 Å². The van der Waals surface area contributed by atoms with Crippen molar-refractivity contribution in [3.8, 4) is 11.8 Å². The van der Waals surface area contributed by atoms with Crippen LogP contribution >= 0.6 is 23.1 Å². The summed E-state index contributed by atoms with van der Waals surface area (Å²) in [7, 11) is 0. The van der Waals surface area contributed by atoms with Gasteiger partial charge in [-0.25, -0.2) is 4.98 Å². The second-order valence-electron chi connectivity index (χ2n) is 3.52. The van der Waals surface area contributed by atoms with E-state index < -0.39 is 0 Å². The summed E-state index contributed by atoms with van der Waals surface area (Å²) in [6, 6.07) is 8.11. The molecule has 1 N–H and O–H groups in total. The summed E-state index contributed by atoms with van der Waals surface area (Å²) in [5.41, 5.74) is 2.25. The van der Waals surface area contributed by atoms with Crippen molar-refractivity contribution in [2.75, 3.05) is 6.61 Å². The summed E-state index contributed by atoms with van der Waals surface area (Å²) in [6.45, 7) is 0.114. The van der Waals surface area contributed by atoms with Crippen molar-refractivity contribution in [2.24, 2.45) is 0 Å². The molecule has 0 aliphatic rings. The van der Waals surface area contributed by atoms with Crippen LogP contribution < -0.4 is 0 Å². The molecule has 18 heavy (non-hydrogen) atoms. The maximum absolute atomic E-state index is 8.73. The predicted octanol–water partition coefficient (Wildman–Crippen LogP) is 3.17. The summed E-state index contributed by atoms with van der Waals surface area (Å²) in [4.78, 5) is 4.25. The molecule has 0 aliphatic carbocycles. The molecule has 1 aromatic heterocycles. The Morgan fingerprint density at radius 2 is 2.22 bits per heavy atom. The summed E-state index contributed by atoms with van der Waals surface area (Å²) in [5.74, 6) is 6.94. The van der Waals surface area contributed by atoms with Crippen LogP contribution in [-0.2, 0) is 5.75 Å². The summed E-state index contributed by atoms with van der Waals surface area (Å²) < 4.78 is 1.08. The molecule has 2 nitrogen and oxygen atoms in total. The zero-order chi connectivity index (χ0) is 12.6. The van der Waals surface area contributed by atoms with Crippen LogP contribution in [0, 0.1) is 11.8 Å². The highest BCUT2D eigenvalue weighted by Crippen LogP contribution is 2.25. The Balaban J connectivity index is 2.06. The first kappa shape index (κ1) is 13.2. The number of hydrogen-bond acceptors (Lipinski definition) is 4. The molecule has 0 bridgehead atoms. The van der Waals surface area contributed by atoms with Crippen molar-refractivity contribution in [1.29, 1.82) is 0 Å². The van der Waals surface area contributed by atoms with Crippen molar-refractivity contribution in [3.63, 3.8) is 0 Å². The first-order valence-corrected chi connectivity index (χ1v) is 7.46. The number of rotatable bonds is 4. The molecule has 4 heteroatoms. The molecule has 0 radical (unpaired) electrons. The maximum Gasteiger partial charge on any atom is 0.150 e. The monoisotopic (exact) mass is 275 g/mol. The van der Waals surface area contributed by atoms with E-state index in [1.54, 1.807) is 23.1 Å². The van der Waals surface area contributed by atoms with E-state index in [4.69, 9.17) is 5.11 Å². The first-order chi connectivity index (χ1) is 8.90. The van der Waals surface area contributed by atoms with Crippen molar-refractivity contribution >= 4 is 23.1 Å². The van der Waals surface area contributed by atoms with Gasteiger partial charge in [-0.1, -0.05) is 41.8 Å². The maximum atomic E-state index is 8.73. The van der Waals surface area contributed by atoms with Crippen molar-refractivity contribution in [2.45, 2.75) is 16.5 Å². The highest BCUT2D eigenvalue weighted by Gasteiger charge is 2.02. The van der Waals surface area contributed by atoms with Gasteiger partial charge in [0, 0.05) is 29.3 Å². The second-order valence-corrected chi connectivity index (χ2v) is 5.64. The van der Waals surface area contributed by atoms with Crippen molar-refractivity contribution in [3.05, 3.63) is 47.0 Å². The molecule has 0 saturated carbocycles. The molecule has 0 aliphatic heterocycles. The highest BCUT2D eigenvalue weighted by molar-refractivity contribution is 8.00. The third kappa shape index (κ3) is 3.88. The van der Waals surface area contributed by atoms with E-state index in [0.29, 0.717) is 6.42 Å². The normalized spacial score (nSPS) is 9.83. The minimum absolute atomic E-state index is 0.114. The predicted molar refractivity (Wildman–Crippen MR) is 76.7 cm³/mol. The van der Waals surface area contributed by atoms with E-state index >= 15 is 0 Å². The van der Waals surface area contributed by atoms with Crippen LogP contribution in [-0.4, -0.2) is 16.7 Å². The lowest BCUT2D eigenvalue weighted by molar-refractivity contribution is 0.305. The average Bonchev–Trinajstić information content (AvgIpc) is 2.91. The second kappa shape index (κ2) is 7.22. The number of thioether (sulfide) groups is 1. The van der Waals surface area contributed by atoms with Gasteiger partial charge in [-0.2, -0.15) is 0 Å². The fourth-order valence-electron chi connectivity index (χ4n) is 1.40. The number of aliphatic hydroxyl groups is 1. The number of thiazole rings is 1. The third-order valence-electron chi connectivity index (χ3n) is 2.24. The Morgan fingerprint density at radius 3 is 3.00 bits per heavy atom. The highest BCUT2D eigenvalue weighted by atomic mass is 32.2. The molecule has 0 spiro atoms. The van der Waals surface area contributed by atoms with Crippen LogP contribution in [0.2, 0.25) is 0 Å². The molecule has 2 aromatic rings. The zero-order valence-electron chi connectivity index (χ0n) is 9.80. The summed E-state index contributed by atoms with van der Waals surface area (Å²) in [5, 5.41) is 10.7. The van der Waals surface area contributed by atoms with Crippen LogP contribution in [0.1, 0.15) is 17.5 Å². The molecule has 0 fully saturated rings. The van der Waals surface area contributed by atoms with Crippen LogP contribution in [0.3, 0.4) is 0 Å². The Kier molecular flexibility index (Phi) is 5.28. The standard InChI is InChI=1S/C14H13NOS2/c16-9-4-3-6-12-5-1-2-7-13(12)11-18-14-15-8-10-17-14/h1-2,5,7-8,10,16H,4,9,11H2. The van der Waals surface area contributed by atoms with Gasteiger partial charge in [0.05, 0.1) is 6.61 Å². The largest absolute Gasteiger partial charge is 0.395 e. The van der Waals surface area contributed by atoms with Gasteiger partial charge in [-0.3, -0.25) is 0 Å². The molecular formula is C14H13NOS2. The van der Waals surface area contributed by atoms with Gasteiger partial charge >= 0.3 is 0 Å². The van der Waals surface area contributed by atoms with E-state index in [9.17, 15) is 0 Å². The summed E-state index contributed by atoms with van der Waals surface area (Å²) >= 11 is 3.38. The quantitative estimate of drug-likeness (QED) is 0.687. The molecular weight excluding hydrogens is 262 g/mol. The molecule has 0 atom stereocenters. The third-order valence-corrected chi connectivity index (χ3v) is 4.25. The number of aromatic nitrogens is 1. The Bertz CT molecular complexity index is 540. The van der Waals surface area contributed by atoms with Crippen LogP contribution in [0.15, 0.2) is 40.2 Å². The van der Waals surface area contributed by atoms with Gasteiger partial charge < -0.3 is 5.11 Å². The van der Waals surface area contributed by atoms with E-state index in [1.165, 1.54) is 5.56 Å². The number of aliphatic hydroxyl groups excluding tert-OH is 1. The van der Waals surface area contributed by atoms with Gasteiger partial charge in [0.1, 0.15) is 4.34 Å². The van der Waals surface area contributed by atoms with E-state index in [0.717, 1.165) is 15.7 Å². The van der Waals surface area contributed by atoms with Crippen LogP contribution in [0.25, 0.3) is 0 Å². The Morgan fingerprint density at radius 1 is 1.33 bits per heavy atom. The molecule has 0 amide bonds. The van der Waals surface area contributed by atoms with E-state index in [1.807, 2.05) is 29.8 Å². The minimum atomic E-state index is 0.114. The fourth-order valence-corrected chi connectivity index (χ4v) is 3.04. The lowest BCUT2D eigenvalue weighted by atomic mass is 10.1. The lowest BCUT2D eigenvalue weighted by Crippen LogP contribution is -1.87. The summed E-state index contributed by atoms with van der Waals surface area (Å²) in [6.07, 6.45) is 2.34. The molecule has 2 rings (SSSR count). The van der Waals surface area contributed by atoms with Crippen molar-refractivity contribution in [1.82, 2.24) is 4.98 Å². The van der Waals surface area contributed by atoms with E-state index in [-0.39, 0.29) is 6.61 Å². The molecule has 92 valence electrons.